The van der Waals surface area contributed by atoms with Crippen LogP contribution < -0.4 is 10.1 Å². The number of benzene rings is 1. The van der Waals surface area contributed by atoms with Crippen molar-refractivity contribution in [3.8, 4) is 5.75 Å². The lowest BCUT2D eigenvalue weighted by Gasteiger charge is -2.40. The van der Waals surface area contributed by atoms with Gasteiger partial charge in [0.25, 0.3) is 0 Å². The molecule has 0 radical (unpaired) electrons. The van der Waals surface area contributed by atoms with Gasteiger partial charge in [0.05, 0.1) is 30.9 Å². The lowest BCUT2D eigenvalue weighted by molar-refractivity contribution is -0.153. The quantitative estimate of drug-likeness (QED) is 0.842. The Hall–Kier alpha value is -1.47. The molecular formula is C13H16F3NO3. The van der Waals surface area contributed by atoms with Crippen molar-refractivity contribution >= 4 is 5.69 Å². The summed E-state index contributed by atoms with van der Waals surface area (Å²) in [6.07, 6.45) is -4.37. The van der Waals surface area contributed by atoms with Gasteiger partial charge < -0.3 is 19.9 Å². The summed E-state index contributed by atoms with van der Waals surface area (Å²) >= 11 is 0. The summed E-state index contributed by atoms with van der Waals surface area (Å²) in [6.45, 7) is -0.0917. The predicted octanol–water partition coefficient (Wildman–Crippen LogP) is 2.05. The van der Waals surface area contributed by atoms with E-state index < -0.39 is 12.8 Å². The normalized spacial score (nSPS) is 17.4. The Balaban J connectivity index is 1.97. The van der Waals surface area contributed by atoms with Crippen molar-refractivity contribution in [2.75, 3.05) is 38.3 Å². The van der Waals surface area contributed by atoms with E-state index in [9.17, 15) is 18.3 Å². The van der Waals surface area contributed by atoms with Gasteiger partial charge in [-0.1, -0.05) is 12.1 Å². The topological polar surface area (TPSA) is 50.7 Å². The van der Waals surface area contributed by atoms with E-state index in [2.05, 4.69) is 5.32 Å². The fourth-order valence-corrected chi connectivity index (χ4v) is 1.82. The van der Waals surface area contributed by atoms with E-state index in [1.165, 1.54) is 6.07 Å². The fourth-order valence-electron chi connectivity index (χ4n) is 1.82. The van der Waals surface area contributed by atoms with E-state index in [-0.39, 0.29) is 17.8 Å². The molecule has 1 aromatic rings. The lowest BCUT2D eigenvalue weighted by atomic mass is 9.87. The Labute approximate surface area is 114 Å². The van der Waals surface area contributed by atoms with Crippen molar-refractivity contribution < 1.29 is 27.8 Å². The molecule has 0 aromatic heterocycles. The van der Waals surface area contributed by atoms with E-state index in [1.807, 2.05) is 0 Å². The molecule has 0 bridgehead atoms. The number of para-hydroxylation sites is 2. The molecule has 1 heterocycles. The van der Waals surface area contributed by atoms with Crippen LogP contribution in [0.2, 0.25) is 0 Å². The van der Waals surface area contributed by atoms with Gasteiger partial charge in [0.2, 0.25) is 0 Å². The molecule has 1 aliphatic heterocycles. The van der Waals surface area contributed by atoms with E-state index in [1.54, 1.807) is 18.2 Å². The molecule has 0 atom stereocenters. The molecule has 1 fully saturated rings. The maximum Gasteiger partial charge on any atom is 0.422 e. The van der Waals surface area contributed by atoms with Crippen LogP contribution in [0.15, 0.2) is 24.3 Å². The van der Waals surface area contributed by atoms with Crippen molar-refractivity contribution in [1.82, 2.24) is 0 Å². The highest BCUT2D eigenvalue weighted by Crippen LogP contribution is 2.30. The monoisotopic (exact) mass is 291 g/mol. The smallest absolute Gasteiger partial charge is 0.422 e. The Bertz CT molecular complexity index is 441. The van der Waals surface area contributed by atoms with Crippen LogP contribution in [0, 0.1) is 5.41 Å². The number of anilines is 1. The molecule has 0 amide bonds. The van der Waals surface area contributed by atoms with Gasteiger partial charge in [0.15, 0.2) is 6.61 Å². The molecule has 7 heteroatoms. The second-order valence-corrected chi connectivity index (χ2v) is 4.90. The van der Waals surface area contributed by atoms with Gasteiger partial charge in [-0.2, -0.15) is 13.2 Å². The van der Waals surface area contributed by atoms with Gasteiger partial charge in [-0.05, 0) is 12.1 Å². The molecule has 4 nitrogen and oxygen atoms in total. The maximum absolute atomic E-state index is 12.2. The van der Waals surface area contributed by atoms with Gasteiger partial charge in [0, 0.05) is 6.54 Å². The highest BCUT2D eigenvalue weighted by Gasteiger charge is 2.38. The first-order valence-corrected chi connectivity index (χ1v) is 6.15. The SMILES string of the molecule is OCC1(CNc2ccccc2OCC(F)(F)F)COC1. The van der Waals surface area contributed by atoms with E-state index in [0.717, 1.165) is 0 Å². The van der Waals surface area contributed by atoms with Crippen molar-refractivity contribution in [2.24, 2.45) is 5.41 Å². The zero-order chi connectivity index (χ0) is 14.6. The minimum atomic E-state index is -4.37. The third kappa shape index (κ3) is 3.77. The average Bonchev–Trinajstić information content (AvgIpc) is 2.36. The first-order valence-electron chi connectivity index (χ1n) is 6.15. The molecule has 0 spiro atoms. The first-order chi connectivity index (χ1) is 9.44. The van der Waals surface area contributed by atoms with Gasteiger partial charge in [-0.3, -0.25) is 0 Å². The standard InChI is InChI=1S/C13H16F3NO3/c14-13(15,16)9-20-11-4-2-1-3-10(11)17-5-12(6-18)7-19-8-12/h1-4,17-18H,5-9H2. The molecule has 2 rings (SSSR count). The second kappa shape index (κ2) is 5.88. The summed E-state index contributed by atoms with van der Waals surface area (Å²) in [5.41, 5.74) is 0.105. The van der Waals surface area contributed by atoms with Gasteiger partial charge >= 0.3 is 6.18 Å². The minimum absolute atomic E-state index is 0.0361. The van der Waals surface area contributed by atoms with Gasteiger partial charge in [-0.15, -0.1) is 0 Å². The summed E-state index contributed by atoms with van der Waals surface area (Å²) in [4.78, 5) is 0. The predicted molar refractivity (Wildman–Crippen MR) is 66.8 cm³/mol. The molecule has 2 N–H and O–H groups in total. The van der Waals surface area contributed by atoms with E-state index in [4.69, 9.17) is 9.47 Å². The fraction of sp³-hybridized carbons (Fsp3) is 0.538. The highest BCUT2D eigenvalue weighted by atomic mass is 19.4. The maximum atomic E-state index is 12.2. The molecule has 0 aliphatic carbocycles. The molecule has 1 aromatic carbocycles. The van der Waals surface area contributed by atoms with Crippen LogP contribution >= 0.6 is 0 Å². The number of ether oxygens (including phenoxy) is 2. The van der Waals surface area contributed by atoms with Crippen LogP contribution in [0.1, 0.15) is 0 Å². The van der Waals surface area contributed by atoms with Crippen LogP contribution in [-0.4, -0.2) is 44.3 Å². The molecule has 112 valence electrons. The van der Waals surface area contributed by atoms with E-state index >= 15 is 0 Å². The number of nitrogens with one attached hydrogen (secondary N) is 1. The number of hydrogen-bond donors (Lipinski definition) is 2. The molecule has 20 heavy (non-hydrogen) atoms. The lowest BCUT2D eigenvalue weighted by Crippen LogP contribution is -2.50. The first kappa shape index (κ1) is 14.9. The second-order valence-electron chi connectivity index (χ2n) is 4.90. The summed E-state index contributed by atoms with van der Waals surface area (Å²) in [6, 6.07) is 6.41. The summed E-state index contributed by atoms with van der Waals surface area (Å²) in [5.74, 6) is 0.137. The Kier molecular flexibility index (Phi) is 4.39. The zero-order valence-corrected chi connectivity index (χ0v) is 10.7. The minimum Gasteiger partial charge on any atom is -0.482 e. The number of aliphatic hydroxyl groups is 1. The average molecular weight is 291 g/mol. The highest BCUT2D eigenvalue weighted by molar-refractivity contribution is 5.56. The number of halogens is 3. The van der Waals surface area contributed by atoms with Crippen molar-refractivity contribution in [3.05, 3.63) is 24.3 Å². The Morgan fingerprint density at radius 1 is 1.30 bits per heavy atom. The molecule has 1 saturated heterocycles. The van der Waals surface area contributed by atoms with Gasteiger partial charge in [-0.25, -0.2) is 0 Å². The third-order valence-corrected chi connectivity index (χ3v) is 3.08. The number of rotatable bonds is 6. The van der Waals surface area contributed by atoms with Crippen LogP contribution in [0.5, 0.6) is 5.75 Å². The van der Waals surface area contributed by atoms with Crippen LogP contribution in [-0.2, 0) is 4.74 Å². The number of aliphatic hydroxyl groups excluding tert-OH is 1. The summed E-state index contributed by atoms with van der Waals surface area (Å²) in [7, 11) is 0. The van der Waals surface area contributed by atoms with Crippen molar-refractivity contribution in [1.29, 1.82) is 0 Å². The summed E-state index contributed by atoms with van der Waals surface area (Å²) < 4.78 is 46.3. The Morgan fingerprint density at radius 3 is 2.55 bits per heavy atom. The Morgan fingerprint density at radius 2 is 2.00 bits per heavy atom. The van der Waals surface area contributed by atoms with E-state index in [0.29, 0.717) is 25.4 Å². The van der Waals surface area contributed by atoms with Crippen LogP contribution in [0.4, 0.5) is 18.9 Å². The largest absolute Gasteiger partial charge is 0.482 e. The molecule has 0 unspecified atom stereocenters. The number of alkyl halides is 3. The van der Waals surface area contributed by atoms with Crippen molar-refractivity contribution in [2.45, 2.75) is 6.18 Å². The number of hydrogen-bond acceptors (Lipinski definition) is 4. The molecular weight excluding hydrogens is 275 g/mol. The third-order valence-electron chi connectivity index (χ3n) is 3.08. The zero-order valence-electron chi connectivity index (χ0n) is 10.7. The van der Waals surface area contributed by atoms with Gasteiger partial charge in [0.1, 0.15) is 5.75 Å². The van der Waals surface area contributed by atoms with Crippen molar-refractivity contribution in [3.63, 3.8) is 0 Å². The van der Waals surface area contributed by atoms with Crippen LogP contribution in [0.3, 0.4) is 0 Å². The molecule has 1 aliphatic rings. The summed E-state index contributed by atoms with van der Waals surface area (Å²) in [5, 5.41) is 12.3. The van der Waals surface area contributed by atoms with Crippen LogP contribution in [0.25, 0.3) is 0 Å². The molecule has 0 saturated carbocycles.